The second kappa shape index (κ2) is 8.19. The summed E-state index contributed by atoms with van der Waals surface area (Å²) in [5.41, 5.74) is 2.76. The molecule has 0 radical (unpaired) electrons. The topological polar surface area (TPSA) is 18.5 Å². The molecule has 0 bridgehead atoms. The second-order valence-electron chi connectivity index (χ2n) is 7.50. The third-order valence-corrected chi connectivity index (χ3v) is 6.04. The molecule has 0 unspecified atom stereocenters. The standard InChI is InChI=1S/C20H31N3S/c1-16-9-3-5-11-18(16)21-20(24)22(2)15-17-10-4-6-12-19(17)23-13-7-8-14-23/h4,6,10,12,16,18H,3,5,7-9,11,13-15H2,1-2H3,(H,21,24)/t16-,18+/m0/s1. The van der Waals surface area contributed by atoms with Gasteiger partial charge in [0.15, 0.2) is 5.11 Å². The SMILES string of the molecule is C[C@H]1CCCC[C@H]1NC(=S)N(C)Cc1ccccc1N1CCCC1. The first-order valence-corrected chi connectivity index (χ1v) is 9.90. The Labute approximate surface area is 152 Å². The highest BCUT2D eigenvalue weighted by molar-refractivity contribution is 7.80. The highest BCUT2D eigenvalue weighted by atomic mass is 32.1. The molecular weight excluding hydrogens is 314 g/mol. The van der Waals surface area contributed by atoms with Crippen molar-refractivity contribution in [3.05, 3.63) is 29.8 Å². The number of nitrogens with zero attached hydrogens (tertiary/aromatic N) is 2. The van der Waals surface area contributed by atoms with Gasteiger partial charge in [-0.2, -0.15) is 0 Å². The lowest BCUT2D eigenvalue weighted by atomic mass is 9.86. The number of hydrogen-bond acceptors (Lipinski definition) is 2. The van der Waals surface area contributed by atoms with E-state index in [0.717, 1.165) is 17.6 Å². The zero-order valence-corrected chi connectivity index (χ0v) is 15.9. The number of thiocarbonyl (C=S) groups is 1. The maximum Gasteiger partial charge on any atom is 0.169 e. The maximum absolute atomic E-state index is 5.69. The Morgan fingerprint density at radius 3 is 2.62 bits per heavy atom. The zero-order valence-electron chi connectivity index (χ0n) is 15.1. The molecule has 1 saturated heterocycles. The minimum Gasteiger partial charge on any atom is -0.371 e. The number of para-hydroxylation sites is 1. The van der Waals surface area contributed by atoms with Gasteiger partial charge < -0.3 is 15.1 Å². The van der Waals surface area contributed by atoms with Gasteiger partial charge in [0.2, 0.25) is 0 Å². The smallest absolute Gasteiger partial charge is 0.169 e. The van der Waals surface area contributed by atoms with E-state index in [1.165, 1.54) is 62.9 Å². The van der Waals surface area contributed by atoms with Crippen LogP contribution in [0.4, 0.5) is 5.69 Å². The normalized spacial score (nSPS) is 24.0. The van der Waals surface area contributed by atoms with Gasteiger partial charge in [-0.05, 0) is 55.4 Å². The van der Waals surface area contributed by atoms with Crippen molar-refractivity contribution in [2.75, 3.05) is 25.0 Å². The average Bonchev–Trinajstić information content (AvgIpc) is 3.11. The summed E-state index contributed by atoms with van der Waals surface area (Å²) in [6.07, 6.45) is 7.88. The third-order valence-electron chi connectivity index (χ3n) is 5.61. The largest absolute Gasteiger partial charge is 0.371 e. The number of benzene rings is 1. The Balaban J connectivity index is 1.61. The molecule has 1 N–H and O–H groups in total. The molecule has 0 aromatic heterocycles. The Morgan fingerprint density at radius 1 is 1.17 bits per heavy atom. The summed E-state index contributed by atoms with van der Waals surface area (Å²) in [5.74, 6) is 0.724. The van der Waals surface area contributed by atoms with E-state index in [2.05, 4.69) is 53.4 Å². The van der Waals surface area contributed by atoms with Crippen LogP contribution in [0.15, 0.2) is 24.3 Å². The van der Waals surface area contributed by atoms with Gasteiger partial charge in [-0.1, -0.05) is 38.0 Å². The summed E-state index contributed by atoms with van der Waals surface area (Å²) >= 11 is 5.69. The van der Waals surface area contributed by atoms with Crippen molar-refractivity contribution < 1.29 is 0 Å². The predicted octanol–water partition coefficient (Wildman–Crippen LogP) is 4.17. The summed E-state index contributed by atoms with van der Waals surface area (Å²) in [4.78, 5) is 4.72. The second-order valence-corrected chi connectivity index (χ2v) is 7.88. The highest BCUT2D eigenvalue weighted by Crippen LogP contribution is 2.26. The Morgan fingerprint density at radius 2 is 1.88 bits per heavy atom. The molecule has 132 valence electrons. The Bertz CT molecular complexity index is 554. The van der Waals surface area contributed by atoms with Crippen molar-refractivity contribution in [2.24, 2.45) is 5.92 Å². The van der Waals surface area contributed by atoms with Crippen molar-refractivity contribution in [3.8, 4) is 0 Å². The summed E-state index contributed by atoms with van der Waals surface area (Å²) in [6.45, 7) is 5.59. The van der Waals surface area contributed by atoms with Crippen molar-refractivity contribution >= 4 is 23.0 Å². The van der Waals surface area contributed by atoms with E-state index in [4.69, 9.17) is 12.2 Å². The van der Waals surface area contributed by atoms with Crippen molar-refractivity contribution in [2.45, 2.75) is 58.0 Å². The van der Waals surface area contributed by atoms with Crippen LogP contribution in [-0.2, 0) is 6.54 Å². The molecule has 2 atom stereocenters. The fourth-order valence-electron chi connectivity index (χ4n) is 4.04. The van der Waals surface area contributed by atoms with Crippen LogP contribution in [0.3, 0.4) is 0 Å². The number of nitrogens with one attached hydrogen (secondary N) is 1. The van der Waals surface area contributed by atoms with Gasteiger partial charge in [-0.15, -0.1) is 0 Å². The fourth-order valence-corrected chi connectivity index (χ4v) is 4.25. The van der Waals surface area contributed by atoms with Crippen molar-refractivity contribution in [3.63, 3.8) is 0 Å². The van der Waals surface area contributed by atoms with Gasteiger partial charge >= 0.3 is 0 Å². The molecule has 2 aliphatic rings. The molecule has 1 saturated carbocycles. The maximum atomic E-state index is 5.69. The highest BCUT2D eigenvalue weighted by Gasteiger charge is 2.23. The van der Waals surface area contributed by atoms with E-state index in [0.29, 0.717) is 6.04 Å². The van der Waals surface area contributed by atoms with Gasteiger partial charge in [0, 0.05) is 38.4 Å². The zero-order chi connectivity index (χ0) is 16.9. The lowest BCUT2D eigenvalue weighted by Gasteiger charge is -2.33. The van der Waals surface area contributed by atoms with E-state index in [1.54, 1.807) is 0 Å². The van der Waals surface area contributed by atoms with Crippen LogP contribution in [0.25, 0.3) is 0 Å². The molecule has 1 heterocycles. The Kier molecular flexibility index (Phi) is 5.99. The van der Waals surface area contributed by atoms with Crippen LogP contribution in [0.5, 0.6) is 0 Å². The van der Waals surface area contributed by atoms with E-state index < -0.39 is 0 Å². The molecule has 1 aliphatic heterocycles. The van der Waals surface area contributed by atoms with Crippen LogP contribution >= 0.6 is 12.2 Å². The molecule has 3 nitrogen and oxygen atoms in total. The van der Waals surface area contributed by atoms with Gasteiger partial charge in [-0.3, -0.25) is 0 Å². The van der Waals surface area contributed by atoms with Crippen LogP contribution in [-0.4, -0.2) is 36.2 Å². The molecule has 1 aromatic carbocycles. The van der Waals surface area contributed by atoms with E-state index in [9.17, 15) is 0 Å². The molecule has 24 heavy (non-hydrogen) atoms. The average molecular weight is 346 g/mol. The summed E-state index contributed by atoms with van der Waals surface area (Å²) in [6, 6.07) is 9.34. The predicted molar refractivity (Wildman–Crippen MR) is 107 cm³/mol. The lowest BCUT2D eigenvalue weighted by Crippen LogP contribution is -2.46. The molecule has 0 spiro atoms. The van der Waals surface area contributed by atoms with E-state index in [1.807, 2.05) is 0 Å². The molecule has 3 rings (SSSR count). The first-order chi connectivity index (χ1) is 11.6. The van der Waals surface area contributed by atoms with Crippen LogP contribution in [0.2, 0.25) is 0 Å². The molecule has 1 aliphatic carbocycles. The van der Waals surface area contributed by atoms with E-state index >= 15 is 0 Å². The molecule has 0 amide bonds. The molecule has 1 aromatic rings. The van der Waals surface area contributed by atoms with E-state index in [-0.39, 0.29) is 0 Å². The molecule has 4 heteroatoms. The van der Waals surface area contributed by atoms with Crippen LogP contribution < -0.4 is 10.2 Å². The quantitative estimate of drug-likeness (QED) is 0.825. The number of rotatable bonds is 4. The van der Waals surface area contributed by atoms with Crippen LogP contribution in [0.1, 0.15) is 51.0 Å². The minimum absolute atomic E-state index is 0.544. The van der Waals surface area contributed by atoms with Gasteiger partial charge in [0.05, 0.1) is 0 Å². The number of hydrogen-bond donors (Lipinski definition) is 1. The van der Waals surface area contributed by atoms with Crippen LogP contribution in [0, 0.1) is 5.92 Å². The van der Waals surface area contributed by atoms with Gasteiger partial charge in [0.1, 0.15) is 0 Å². The van der Waals surface area contributed by atoms with Crippen molar-refractivity contribution in [1.82, 2.24) is 10.2 Å². The monoisotopic (exact) mass is 345 g/mol. The number of anilines is 1. The summed E-state index contributed by atoms with van der Waals surface area (Å²) in [7, 11) is 2.11. The summed E-state index contributed by atoms with van der Waals surface area (Å²) in [5, 5.41) is 4.51. The minimum atomic E-state index is 0.544. The fraction of sp³-hybridized carbons (Fsp3) is 0.650. The van der Waals surface area contributed by atoms with Crippen molar-refractivity contribution in [1.29, 1.82) is 0 Å². The molecular formula is C20H31N3S. The Hall–Kier alpha value is -1.29. The first-order valence-electron chi connectivity index (χ1n) is 9.49. The third kappa shape index (κ3) is 4.21. The van der Waals surface area contributed by atoms with Gasteiger partial charge in [0.25, 0.3) is 0 Å². The first kappa shape index (κ1) is 17.5. The molecule has 2 fully saturated rings. The summed E-state index contributed by atoms with van der Waals surface area (Å²) < 4.78 is 0. The van der Waals surface area contributed by atoms with Gasteiger partial charge in [-0.25, -0.2) is 0 Å². The lowest BCUT2D eigenvalue weighted by molar-refractivity contribution is 0.300.